The summed E-state index contributed by atoms with van der Waals surface area (Å²) in [5.41, 5.74) is 6.68. The molecule has 0 aliphatic rings. The van der Waals surface area contributed by atoms with E-state index in [9.17, 15) is 14.4 Å². The van der Waals surface area contributed by atoms with Gasteiger partial charge in [-0.3, -0.25) is 14.4 Å². The molecule has 0 aliphatic carbocycles. The summed E-state index contributed by atoms with van der Waals surface area (Å²) in [5, 5.41) is 5.32. The molecule has 2 aromatic carbocycles. The predicted molar refractivity (Wildman–Crippen MR) is 155 cm³/mol. The van der Waals surface area contributed by atoms with E-state index in [0.29, 0.717) is 6.54 Å². The Morgan fingerprint density at radius 2 is 1.62 bits per heavy atom. The van der Waals surface area contributed by atoms with Gasteiger partial charge in [-0.05, 0) is 25.0 Å². The lowest BCUT2D eigenvalue weighted by molar-refractivity contribution is -0.131. The molecule has 1 heterocycles. The second kappa shape index (κ2) is 15.8. The van der Waals surface area contributed by atoms with E-state index in [2.05, 4.69) is 15.6 Å². The second-order valence-electron chi connectivity index (χ2n) is 9.40. The molecule has 3 aromatic rings. The highest BCUT2D eigenvalue weighted by molar-refractivity contribution is 5.98. The van der Waals surface area contributed by atoms with Crippen LogP contribution in [0.3, 0.4) is 0 Å². The van der Waals surface area contributed by atoms with Gasteiger partial charge in [-0.15, -0.1) is 24.8 Å². The van der Waals surface area contributed by atoms with Crippen LogP contribution in [0.4, 0.5) is 5.82 Å². The number of nitrogens with two attached hydrogens (primary N) is 1. The van der Waals surface area contributed by atoms with Crippen LogP contribution in [-0.2, 0) is 38.8 Å². The average molecular weight is 580 g/mol. The van der Waals surface area contributed by atoms with Gasteiger partial charge in [0.15, 0.2) is 5.82 Å². The summed E-state index contributed by atoms with van der Waals surface area (Å²) in [7, 11) is 1.73. The number of carbonyl (C=O) groups excluding carboxylic acids is 3. The van der Waals surface area contributed by atoms with Crippen LogP contribution in [0.5, 0.6) is 0 Å². The maximum atomic E-state index is 13.0. The molecule has 0 unspecified atom stereocenters. The zero-order valence-electron chi connectivity index (χ0n) is 22.2. The molecule has 0 radical (unpaired) electrons. The summed E-state index contributed by atoms with van der Waals surface area (Å²) in [6, 6.07) is 18.2. The molecule has 1 aromatic heterocycles. The van der Waals surface area contributed by atoms with E-state index >= 15 is 0 Å². The molecule has 3 rings (SSSR count). The number of hydrogen-bond donors (Lipinski definition) is 3. The first-order chi connectivity index (χ1) is 17.6. The lowest BCUT2D eigenvalue weighted by Crippen LogP contribution is -2.56. The van der Waals surface area contributed by atoms with Crippen molar-refractivity contribution in [2.75, 3.05) is 19.0 Å². The molecule has 0 saturated carbocycles. The maximum absolute atomic E-state index is 13.0. The average Bonchev–Trinajstić information content (AvgIpc) is 3.30. The third-order valence-electron chi connectivity index (χ3n) is 5.49. The van der Waals surface area contributed by atoms with Gasteiger partial charge in [0, 0.05) is 19.8 Å². The minimum atomic E-state index is -1.17. The molecule has 3 amide bonds. The molecule has 10 nitrogen and oxygen atoms in total. The smallest absolute Gasteiger partial charge is 0.250 e. The van der Waals surface area contributed by atoms with E-state index in [1.807, 2.05) is 60.7 Å². The van der Waals surface area contributed by atoms with E-state index in [4.69, 9.17) is 10.5 Å². The van der Waals surface area contributed by atoms with Gasteiger partial charge in [-0.1, -0.05) is 60.7 Å². The minimum Gasteiger partial charge on any atom is -0.374 e. The van der Waals surface area contributed by atoms with Crippen LogP contribution in [0.2, 0.25) is 0 Å². The standard InChI is InChI=1S/C27H34N6O4.2ClH/c1-27(2,28)26(36)30-22(18-37-17-21-12-8-5-9-13-21)25(35)31-23-15-33(19-29-23)16-24(34)32(3)14-20-10-6-4-7-11-20;;/h4-13,15,19,22H,14,16-18,28H2,1-3H3,(H,30,36)(H,31,35);2*1H/t22-;;/m1../s1. The summed E-state index contributed by atoms with van der Waals surface area (Å²) in [4.78, 5) is 43.9. The molecule has 0 saturated heterocycles. The van der Waals surface area contributed by atoms with Crippen LogP contribution in [-0.4, -0.2) is 57.4 Å². The summed E-state index contributed by atoms with van der Waals surface area (Å²) in [5.74, 6) is -0.862. The van der Waals surface area contributed by atoms with E-state index in [1.54, 1.807) is 36.6 Å². The van der Waals surface area contributed by atoms with Crippen LogP contribution in [0.15, 0.2) is 73.2 Å². The Morgan fingerprint density at radius 1 is 1.03 bits per heavy atom. The van der Waals surface area contributed by atoms with Crippen molar-refractivity contribution in [2.45, 2.75) is 45.1 Å². The molecular formula is C27H36Cl2N6O4. The Kier molecular flexibility index (Phi) is 13.6. The van der Waals surface area contributed by atoms with Crippen molar-refractivity contribution in [3.8, 4) is 0 Å². The SMILES string of the molecule is CN(Cc1ccccc1)C(=O)Cn1cnc(NC(=O)[C@@H](COCc2ccccc2)NC(=O)C(C)(C)N)c1.Cl.Cl. The van der Waals surface area contributed by atoms with Crippen molar-refractivity contribution in [3.63, 3.8) is 0 Å². The Hall–Kier alpha value is -3.44. The lowest BCUT2D eigenvalue weighted by Gasteiger charge is -2.23. The number of aromatic nitrogens is 2. The number of halogens is 2. The third kappa shape index (κ3) is 11.1. The molecule has 0 spiro atoms. The monoisotopic (exact) mass is 578 g/mol. The van der Waals surface area contributed by atoms with E-state index in [-0.39, 0.29) is 56.3 Å². The number of benzene rings is 2. The number of nitrogens with zero attached hydrogens (tertiary/aromatic N) is 3. The molecule has 4 N–H and O–H groups in total. The van der Waals surface area contributed by atoms with Crippen molar-refractivity contribution in [3.05, 3.63) is 84.3 Å². The molecule has 0 aliphatic heterocycles. The summed E-state index contributed by atoms with van der Waals surface area (Å²) >= 11 is 0. The van der Waals surface area contributed by atoms with Crippen LogP contribution in [0, 0.1) is 0 Å². The fourth-order valence-electron chi connectivity index (χ4n) is 3.34. The number of rotatable bonds is 12. The molecule has 0 bridgehead atoms. The number of carbonyl (C=O) groups is 3. The first kappa shape index (κ1) is 33.6. The Bertz CT molecular complexity index is 1190. The number of hydrogen-bond acceptors (Lipinski definition) is 6. The van der Waals surface area contributed by atoms with Crippen molar-refractivity contribution in [1.82, 2.24) is 19.8 Å². The van der Waals surface area contributed by atoms with Crippen LogP contribution in [0.1, 0.15) is 25.0 Å². The van der Waals surface area contributed by atoms with Crippen molar-refractivity contribution in [2.24, 2.45) is 5.73 Å². The van der Waals surface area contributed by atoms with Gasteiger partial charge in [-0.2, -0.15) is 0 Å². The summed E-state index contributed by atoms with van der Waals surface area (Å²) in [6.45, 7) is 3.87. The van der Waals surface area contributed by atoms with Crippen molar-refractivity contribution in [1.29, 1.82) is 0 Å². The number of imidazole rings is 1. The van der Waals surface area contributed by atoms with Gasteiger partial charge in [-0.25, -0.2) is 4.98 Å². The number of likely N-dealkylation sites (N-methyl/N-ethyl adjacent to an activating group) is 1. The number of nitrogens with one attached hydrogen (secondary N) is 2. The Labute approximate surface area is 241 Å². The zero-order chi connectivity index (χ0) is 26.8. The number of anilines is 1. The summed E-state index contributed by atoms with van der Waals surface area (Å²) < 4.78 is 7.28. The van der Waals surface area contributed by atoms with Gasteiger partial charge in [0.2, 0.25) is 11.8 Å². The molecular weight excluding hydrogens is 543 g/mol. The largest absolute Gasteiger partial charge is 0.374 e. The maximum Gasteiger partial charge on any atom is 0.250 e. The van der Waals surface area contributed by atoms with Gasteiger partial charge in [0.05, 0.1) is 25.1 Å². The predicted octanol–water partition coefficient (Wildman–Crippen LogP) is 2.76. The topological polar surface area (TPSA) is 132 Å². The van der Waals surface area contributed by atoms with Gasteiger partial charge in [0.25, 0.3) is 5.91 Å². The van der Waals surface area contributed by atoms with Gasteiger partial charge in [0.1, 0.15) is 12.6 Å². The van der Waals surface area contributed by atoms with Crippen LogP contribution < -0.4 is 16.4 Å². The van der Waals surface area contributed by atoms with Gasteiger partial charge < -0.3 is 30.6 Å². The molecule has 39 heavy (non-hydrogen) atoms. The second-order valence-corrected chi connectivity index (χ2v) is 9.40. The fraction of sp³-hybridized carbons (Fsp3) is 0.333. The Morgan fingerprint density at radius 3 is 2.21 bits per heavy atom. The highest BCUT2D eigenvalue weighted by Crippen LogP contribution is 2.08. The minimum absolute atomic E-state index is 0. The number of ether oxygens (including phenoxy) is 1. The van der Waals surface area contributed by atoms with E-state index in [1.165, 1.54) is 6.33 Å². The Balaban J connectivity index is 0.00000380. The molecule has 12 heteroatoms. The van der Waals surface area contributed by atoms with Gasteiger partial charge >= 0.3 is 0 Å². The molecule has 212 valence electrons. The van der Waals surface area contributed by atoms with Crippen LogP contribution in [0.25, 0.3) is 0 Å². The van der Waals surface area contributed by atoms with E-state index < -0.39 is 23.4 Å². The number of amides is 3. The van der Waals surface area contributed by atoms with Crippen molar-refractivity contribution >= 4 is 48.4 Å². The van der Waals surface area contributed by atoms with E-state index in [0.717, 1.165) is 11.1 Å². The first-order valence-corrected chi connectivity index (χ1v) is 11.9. The lowest BCUT2D eigenvalue weighted by atomic mass is 10.1. The molecule has 0 fully saturated rings. The molecule has 1 atom stereocenters. The third-order valence-corrected chi connectivity index (χ3v) is 5.49. The fourth-order valence-corrected chi connectivity index (χ4v) is 3.34. The zero-order valence-corrected chi connectivity index (χ0v) is 23.8. The summed E-state index contributed by atoms with van der Waals surface area (Å²) in [6.07, 6.45) is 3.02. The normalized spacial score (nSPS) is 11.4. The quantitative estimate of drug-likeness (QED) is 0.303. The van der Waals surface area contributed by atoms with Crippen molar-refractivity contribution < 1.29 is 19.1 Å². The highest BCUT2D eigenvalue weighted by Gasteiger charge is 2.28. The first-order valence-electron chi connectivity index (χ1n) is 11.9. The highest BCUT2D eigenvalue weighted by atomic mass is 35.5. The van der Waals surface area contributed by atoms with Crippen LogP contribution >= 0.6 is 24.8 Å².